The number of hydrogen-bond donors (Lipinski definition) is 1. The van der Waals surface area contributed by atoms with E-state index in [0.29, 0.717) is 52.2 Å². The van der Waals surface area contributed by atoms with Gasteiger partial charge in [0, 0.05) is 38.3 Å². The van der Waals surface area contributed by atoms with Gasteiger partial charge in [0.25, 0.3) is 0 Å². The van der Waals surface area contributed by atoms with Gasteiger partial charge in [0.05, 0.1) is 13.2 Å². The monoisotopic (exact) mass is 395 g/mol. The van der Waals surface area contributed by atoms with Gasteiger partial charge in [-0.25, -0.2) is 0 Å². The van der Waals surface area contributed by atoms with Gasteiger partial charge in [-0.15, -0.1) is 0 Å². The normalized spacial score (nSPS) is 14.4. The van der Waals surface area contributed by atoms with Gasteiger partial charge in [0.15, 0.2) is 0 Å². The lowest BCUT2D eigenvalue weighted by molar-refractivity contribution is -0.133. The van der Waals surface area contributed by atoms with Crippen LogP contribution in [-0.4, -0.2) is 60.9 Å². The molecule has 2 aromatic carbocycles. The van der Waals surface area contributed by atoms with Crippen LogP contribution in [0.1, 0.15) is 18.4 Å². The van der Waals surface area contributed by atoms with E-state index in [9.17, 15) is 9.59 Å². The SMILES string of the molecule is Cc1cccc(OCCCC(=O)N2CCN(CC(=O)Nc3ccccc3)CC2)c1. The Morgan fingerprint density at radius 3 is 2.48 bits per heavy atom. The summed E-state index contributed by atoms with van der Waals surface area (Å²) in [6, 6.07) is 17.4. The first-order valence-corrected chi connectivity index (χ1v) is 10.1. The fourth-order valence-electron chi connectivity index (χ4n) is 3.36. The Hall–Kier alpha value is -2.86. The molecule has 1 N–H and O–H groups in total. The minimum atomic E-state index is -0.0238. The quantitative estimate of drug-likeness (QED) is 0.698. The summed E-state index contributed by atoms with van der Waals surface area (Å²) >= 11 is 0. The smallest absolute Gasteiger partial charge is 0.238 e. The summed E-state index contributed by atoms with van der Waals surface area (Å²) in [6.07, 6.45) is 1.19. The van der Waals surface area contributed by atoms with Crippen LogP contribution in [0, 0.1) is 6.92 Å². The third-order valence-corrected chi connectivity index (χ3v) is 4.94. The van der Waals surface area contributed by atoms with Crippen molar-refractivity contribution in [2.24, 2.45) is 0 Å². The summed E-state index contributed by atoms with van der Waals surface area (Å²) in [5.74, 6) is 0.982. The Labute approximate surface area is 172 Å². The highest BCUT2D eigenvalue weighted by Gasteiger charge is 2.22. The number of ether oxygens (including phenoxy) is 1. The van der Waals surface area contributed by atoms with Gasteiger partial charge in [0.2, 0.25) is 11.8 Å². The first-order valence-electron chi connectivity index (χ1n) is 10.1. The van der Waals surface area contributed by atoms with Crippen LogP contribution in [0.3, 0.4) is 0 Å². The van der Waals surface area contributed by atoms with E-state index >= 15 is 0 Å². The maximum absolute atomic E-state index is 12.4. The van der Waals surface area contributed by atoms with Gasteiger partial charge in [-0.05, 0) is 43.2 Å². The predicted molar refractivity (Wildman–Crippen MR) is 114 cm³/mol. The number of carbonyl (C=O) groups is 2. The maximum Gasteiger partial charge on any atom is 0.238 e. The number of nitrogens with zero attached hydrogens (tertiary/aromatic N) is 2. The summed E-state index contributed by atoms with van der Waals surface area (Å²) in [4.78, 5) is 28.5. The molecule has 0 aromatic heterocycles. The second-order valence-electron chi connectivity index (χ2n) is 7.34. The van der Waals surface area contributed by atoms with E-state index in [2.05, 4.69) is 10.2 Å². The molecule has 2 aromatic rings. The van der Waals surface area contributed by atoms with Gasteiger partial charge >= 0.3 is 0 Å². The van der Waals surface area contributed by atoms with Crippen LogP contribution < -0.4 is 10.1 Å². The molecular formula is C23H29N3O3. The first-order chi connectivity index (χ1) is 14.1. The van der Waals surface area contributed by atoms with Crippen molar-refractivity contribution < 1.29 is 14.3 Å². The number of rotatable bonds is 8. The zero-order chi connectivity index (χ0) is 20.5. The minimum Gasteiger partial charge on any atom is -0.494 e. The first kappa shape index (κ1) is 20.9. The number of hydrogen-bond acceptors (Lipinski definition) is 4. The summed E-state index contributed by atoms with van der Waals surface area (Å²) in [6.45, 7) is 5.67. The van der Waals surface area contributed by atoms with Crippen molar-refractivity contribution in [1.82, 2.24) is 9.80 Å². The van der Waals surface area contributed by atoms with Crippen molar-refractivity contribution in [2.75, 3.05) is 44.6 Å². The van der Waals surface area contributed by atoms with Gasteiger partial charge in [-0.3, -0.25) is 14.5 Å². The second kappa shape index (κ2) is 10.6. The third-order valence-electron chi connectivity index (χ3n) is 4.94. The van der Waals surface area contributed by atoms with Crippen LogP contribution in [0.25, 0.3) is 0 Å². The molecule has 0 radical (unpaired) electrons. The van der Waals surface area contributed by atoms with Crippen molar-refractivity contribution in [3.05, 3.63) is 60.2 Å². The van der Waals surface area contributed by atoms with Crippen molar-refractivity contribution in [3.8, 4) is 5.75 Å². The lowest BCUT2D eigenvalue weighted by Crippen LogP contribution is -2.50. The average Bonchev–Trinajstić information content (AvgIpc) is 2.72. The molecule has 0 unspecified atom stereocenters. The van der Waals surface area contributed by atoms with Gasteiger partial charge < -0.3 is 15.0 Å². The molecule has 0 aliphatic carbocycles. The number of nitrogens with one attached hydrogen (secondary N) is 1. The fourth-order valence-corrected chi connectivity index (χ4v) is 3.36. The van der Waals surface area contributed by atoms with Crippen molar-refractivity contribution >= 4 is 17.5 Å². The van der Waals surface area contributed by atoms with Crippen LogP contribution in [0.15, 0.2) is 54.6 Å². The molecule has 0 spiro atoms. The van der Waals surface area contributed by atoms with E-state index < -0.39 is 0 Å². The van der Waals surface area contributed by atoms with E-state index in [1.54, 1.807) is 0 Å². The van der Waals surface area contributed by atoms with E-state index in [1.165, 1.54) is 0 Å². The van der Waals surface area contributed by atoms with E-state index in [4.69, 9.17) is 4.74 Å². The molecule has 3 rings (SSSR count). The largest absolute Gasteiger partial charge is 0.494 e. The molecular weight excluding hydrogens is 366 g/mol. The molecule has 1 saturated heterocycles. The lowest BCUT2D eigenvalue weighted by Gasteiger charge is -2.34. The Morgan fingerprint density at radius 1 is 1.00 bits per heavy atom. The van der Waals surface area contributed by atoms with Crippen LogP contribution >= 0.6 is 0 Å². The van der Waals surface area contributed by atoms with Crippen LogP contribution in [0.5, 0.6) is 5.75 Å². The number of aryl methyl sites for hydroxylation is 1. The molecule has 29 heavy (non-hydrogen) atoms. The predicted octanol–water partition coefficient (Wildman–Crippen LogP) is 2.94. The van der Waals surface area contributed by atoms with Crippen molar-refractivity contribution in [3.63, 3.8) is 0 Å². The molecule has 1 aliphatic heterocycles. The van der Waals surface area contributed by atoms with Crippen molar-refractivity contribution in [1.29, 1.82) is 0 Å². The van der Waals surface area contributed by atoms with Crippen LogP contribution in [0.4, 0.5) is 5.69 Å². The lowest BCUT2D eigenvalue weighted by atomic mass is 10.2. The number of amides is 2. The zero-order valence-corrected chi connectivity index (χ0v) is 17.0. The van der Waals surface area contributed by atoms with Crippen molar-refractivity contribution in [2.45, 2.75) is 19.8 Å². The summed E-state index contributed by atoms with van der Waals surface area (Å²) < 4.78 is 5.71. The van der Waals surface area contributed by atoms with Crippen LogP contribution in [-0.2, 0) is 9.59 Å². The molecule has 1 fully saturated rings. The van der Waals surface area contributed by atoms with E-state index in [0.717, 1.165) is 17.0 Å². The molecule has 2 amide bonds. The summed E-state index contributed by atoms with van der Waals surface area (Å²) in [7, 11) is 0. The number of benzene rings is 2. The number of carbonyl (C=O) groups excluding carboxylic acids is 2. The highest BCUT2D eigenvalue weighted by Crippen LogP contribution is 2.13. The Balaban J connectivity index is 1.31. The third kappa shape index (κ3) is 6.91. The molecule has 6 nitrogen and oxygen atoms in total. The summed E-state index contributed by atoms with van der Waals surface area (Å²) in [5, 5.41) is 2.90. The van der Waals surface area contributed by atoms with E-state index in [-0.39, 0.29) is 11.8 Å². The number of piperazine rings is 1. The fraction of sp³-hybridized carbons (Fsp3) is 0.391. The van der Waals surface area contributed by atoms with Crippen LogP contribution in [0.2, 0.25) is 0 Å². The standard InChI is InChI=1S/C23H29N3O3/c1-19-7-5-10-21(17-19)29-16-6-11-23(28)26-14-12-25(13-15-26)18-22(27)24-20-8-3-2-4-9-20/h2-5,7-10,17H,6,11-16,18H2,1H3,(H,24,27). The number of anilines is 1. The Kier molecular flexibility index (Phi) is 7.64. The summed E-state index contributed by atoms with van der Waals surface area (Å²) in [5.41, 5.74) is 1.97. The molecule has 154 valence electrons. The molecule has 0 saturated carbocycles. The van der Waals surface area contributed by atoms with Gasteiger partial charge in [-0.2, -0.15) is 0 Å². The highest BCUT2D eigenvalue weighted by atomic mass is 16.5. The Morgan fingerprint density at radius 2 is 1.76 bits per heavy atom. The average molecular weight is 396 g/mol. The van der Waals surface area contributed by atoms with E-state index in [1.807, 2.05) is 66.4 Å². The van der Waals surface area contributed by atoms with Gasteiger partial charge in [0.1, 0.15) is 5.75 Å². The van der Waals surface area contributed by atoms with Gasteiger partial charge in [-0.1, -0.05) is 30.3 Å². The number of para-hydroxylation sites is 1. The minimum absolute atomic E-state index is 0.0238. The molecule has 0 atom stereocenters. The maximum atomic E-state index is 12.4. The molecule has 1 heterocycles. The molecule has 0 bridgehead atoms. The molecule has 6 heteroatoms. The second-order valence-corrected chi connectivity index (χ2v) is 7.34. The molecule has 1 aliphatic rings. The highest BCUT2D eigenvalue weighted by molar-refractivity contribution is 5.92. The Bertz CT molecular complexity index is 802. The zero-order valence-electron chi connectivity index (χ0n) is 17.0. The topological polar surface area (TPSA) is 61.9 Å².